The first-order valence-electron chi connectivity index (χ1n) is 12.0. The fourth-order valence-electron chi connectivity index (χ4n) is 3.62. The zero-order chi connectivity index (χ0) is 25.4. The average molecular weight is 505 g/mol. The summed E-state index contributed by atoms with van der Waals surface area (Å²) in [7, 11) is -2.91. The quantitative estimate of drug-likeness (QED) is 0.304. The van der Waals surface area contributed by atoms with Crippen molar-refractivity contribution in [1.82, 2.24) is 0 Å². The molecular formula is C27H44O5Si2. The summed E-state index contributed by atoms with van der Waals surface area (Å²) in [5.41, 5.74) is 0.391. The van der Waals surface area contributed by atoms with Gasteiger partial charge in [0.15, 0.2) is 8.32 Å². The van der Waals surface area contributed by atoms with Crippen molar-refractivity contribution in [2.75, 3.05) is 20.5 Å². The van der Waals surface area contributed by atoms with Gasteiger partial charge in [0.05, 0.1) is 25.0 Å². The summed E-state index contributed by atoms with van der Waals surface area (Å²) in [6, 6.07) is 20.3. The summed E-state index contributed by atoms with van der Waals surface area (Å²) in [5, 5.41) is 12.9. The molecule has 190 valence electrons. The van der Waals surface area contributed by atoms with Crippen LogP contribution in [0.4, 0.5) is 0 Å². The van der Waals surface area contributed by atoms with Crippen LogP contribution in [-0.4, -0.2) is 59.9 Å². The molecule has 2 rings (SSSR count). The molecule has 0 amide bonds. The topological polar surface area (TPSA) is 57.2 Å². The monoisotopic (exact) mass is 504 g/mol. The molecule has 1 N–H and O–H groups in total. The van der Waals surface area contributed by atoms with E-state index in [-0.39, 0.29) is 11.8 Å². The first-order valence-corrected chi connectivity index (χ1v) is 18.0. The lowest BCUT2D eigenvalue weighted by molar-refractivity contribution is -0.147. The van der Waals surface area contributed by atoms with Crippen molar-refractivity contribution in [2.24, 2.45) is 0 Å². The number of rotatable bonds is 13. The van der Waals surface area contributed by atoms with E-state index >= 15 is 0 Å². The second-order valence-electron chi connectivity index (χ2n) is 11.0. The van der Waals surface area contributed by atoms with Gasteiger partial charge in [-0.15, -0.1) is 0 Å². The van der Waals surface area contributed by atoms with Gasteiger partial charge in [0, 0.05) is 7.11 Å². The van der Waals surface area contributed by atoms with Gasteiger partial charge in [-0.25, -0.2) is 0 Å². The van der Waals surface area contributed by atoms with E-state index in [0.29, 0.717) is 13.2 Å². The molecule has 5 nitrogen and oxygen atoms in total. The SMILES string of the molecule is COCO[C@H](C(O)[Si](C)(C)c1ccccc1)[C@@H](COCc1ccccc1)O[Si](C)(C)C(C)(C)C. The van der Waals surface area contributed by atoms with E-state index in [1.165, 1.54) is 5.19 Å². The molecule has 0 radical (unpaired) electrons. The fourth-order valence-corrected chi connectivity index (χ4v) is 7.45. The fraction of sp³-hybridized carbons (Fsp3) is 0.556. The van der Waals surface area contributed by atoms with Crippen LogP contribution in [0.3, 0.4) is 0 Å². The summed E-state index contributed by atoms with van der Waals surface area (Å²) in [6.45, 7) is 16.3. The summed E-state index contributed by atoms with van der Waals surface area (Å²) in [4.78, 5) is 0. The van der Waals surface area contributed by atoms with Crippen LogP contribution in [0.25, 0.3) is 0 Å². The van der Waals surface area contributed by atoms with Crippen molar-refractivity contribution in [2.45, 2.75) is 76.5 Å². The molecule has 2 aromatic rings. The van der Waals surface area contributed by atoms with Crippen molar-refractivity contribution in [3.05, 3.63) is 66.2 Å². The number of ether oxygens (including phenoxy) is 3. The Balaban J connectivity index is 2.34. The van der Waals surface area contributed by atoms with Gasteiger partial charge in [-0.2, -0.15) is 0 Å². The summed E-state index contributed by atoms with van der Waals surface area (Å²) in [5.74, 6) is 0. The lowest BCUT2D eigenvalue weighted by Crippen LogP contribution is -2.63. The third kappa shape index (κ3) is 7.85. The zero-order valence-electron chi connectivity index (χ0n) is 22.2. The van der Waals surface area contributed by atoms with Crippen LogP contribution in [0.1, 0.15) is 26.3 Å². The molecule has 0 saturated carbocycles. The number of methoxy groups -OCH3 is 1. The lowest BCUT2D eigenvalue weighted by atomic mass is 10.2. The van der Waals surface area contributed by atoms with Gasteiger partial charge < -0.3 is 23.7 Å². The minimum absolute atomic E-state index is 0.00775. The standard InChI is InChI=1S/C27H44O5Si2/c1-27(2,3)34(7,8)32-24(20-30-19-22-15-11-9-12-16-22)25(31-21-29-4)26(28)33(5,6)23-17-13-10-14-18-23/h9-18,24-26,28H,19-21H2,1-8H3/t24-,25+,26?/m1/s1. The van der Waals surface area contributed by atoms with Gasteiger partial charge in [-0.3, -0.25) is 0 Å². The third-order valence-electron chi connectivity index (χ3n) is 6.96. The van der Waals surface area contributed by atoms with Gasteiger partial charge >= 0.3 is 0 Å². The van der Waals surface area contributed by atoms with Gasteiger partial charge in [0.25, 0.3) is 0 Å². The number of hydrogen-bond acceptors (Lipinski definition) is 5. The van der Waals surface area contributed by atoms with E-state index in [1.54, 1.807) is 7.11 Å². The Kier molecular flexibility index (Phi) is 10.7. The Bertz CT molecular complexity index is 837. The third-order valence-corrected chi connectivity index (χ3v) is 15.1. The predicted octanol–water partition coefficient (Wildman–Crippen LogP) is 5.10. The smallest absolute Gasteiger partial charge is 0.192 e. The van der Waals surface area contributed by atoms with Crippen LogP contribution in [0.5, 0.6) is 0 Å². The average Bonchev–Trinajstić information content (AvgIpc) is 2.79. The molecule has 0 bridgehead atoms. The second kappa shape index (κ2) is 12.6. The first kappa shape index (κ1) is 28.9. The highest BCUT2D eigenvalue weighted by Crippen LogP contribution is 2.38. The summed E-state index contributed by atoms with van der Waals surface area (Å²) < 4.78 is 24.4. The largest absolute Gasteiger partial charge is 0.409 e. The van der Waals surface area contributed by atoms with Crippen LogP contribution in [0.2, 0.25) is 31.2 Å². The number of hydrogen-bond donors (Lipinski definition) is 1. The summed E-state index contributed by atoms with van der Waals surface area (Å²) >= 11 is 0. The molecule has 0 spiro atoms. The van der Waals surface area contributed by atoms with Crippen molar-refractivity contribution < 1.29 is 23.7 Å². The van der Waals surface area contributed by atoms with E-state index in [4.69, 9.17) is 18.6 Å². The molecule has 7 heteroatoms. The Morgan fingerprint density at radius 1 is 0.882 bits per heavy atom. The maximum absolute atomic E-state index is 11.8. The highest BCUT2D eigenvalue weighted by Gasteiger charge is 2.46. The van der Waals surface area contributed by atoms with Crippen LogP contribution < -0.4 is 5.19 Å². The molecule has 1 unspecified atom stereocenters. The first-order chi connectivity index (χ1) is 15.9. The zero-order valence-corrected chi connectivity index (χ0v) is 24.2. The molecule has 0 aliphatic carbocycles. The molecule has 0 fully saturated rings. The molecule has 0 saturated heterocycles. The van der Waals surface area contributed by atoms with E-state index in [1.807, 2.05) is 48.5 Å². The Hall–Kier alpha value is -1.33. The van der Waals surface area contributed by atoms with Crippen molar-refractivity contribution >= 4 is 21.6 Å². The van der Waals surface area contributed by atoms with Gasteiger partial charge in [0.2, 0.25) is 0 Å². The highest BCUT2D eigenvalue weighted by molar-refractivity contribution is 6.90. The van der Waals surface area contributed by atoms with Crippen LogP contribution in [-0.2, 0) is 25.2 Å². The normalized spacial score (nSPS) is 15.7. The van der Waals surface area contributed by atoms with Crippen molar-refractivity contribution in [3.63, 3.8) is 0 Å². The molecule has 0 aliphatic heterocycles. The molecule has 0 heterocycles. The molecule has 0 aliphatic rings. The molecule has 0 aromatic heterocycles. The molecule has 3 atom stereocenters. The second-order valence-corrected chi connectivity index (χ2v) is 20.4. The lowest BCUT2D eigenvalue weighted by Gasteiger charge is -2.44. The van der Waals surface area contributed by atoms with Gasteiger partial charge in [-0.1, -0.05) is 99.7 Å². The van der Waals surface area contributed by atoms with Gasteiger partial charge in [0.1, 0.15) is 21.0 Å². The molecular weight excluding hydrogens is 460 g/mol. The number of benzene rings is 2. The molecule has 2 aromatic carbocycles. The van der Waals surface area contributed by atoms with E-state index in [0.717, 1.165) is 5.56 Å². The Morgan fingerprint density at radius 3 is 1.97 bits per heavy atom. The van der Waals surface area contributed by atoms with E-state index in [2.05, 4.69) is 59.1 Å². The van der Waals surface area contributed by atoms with E-state index in [9.17, 15) is 5.11 Å². The minimum Gasteiger partial charge on any atom is -0.409 e. The predicted molar refractivity (Wildman–Crippen MR) is 144 cm³/mol. The van der Waals surface area contributed by atoms with Crippen LogP contribution in [0, 0.1) is 0 Å². The maximum atomic E-state index is 11.8. The Labute approximate surface area is 208 Å². The Morgan fingerprint density at radius 2 is 1.44 bits per heavy atom. The number of aliphatic hydroxyl groups excluding tert-OH is 1. The minimum atomic E-state index is -2.33. The van der Waals surface area contributed by atoms with Crippen molar-refractivity contribution in [1.29, 1.82) is 0 Å². The van der Waals surface area contributed by atoms with Crippen LogP contribution >= 0.6 is 0 Å². The van der Waals surface area contributed by atoms with Crippen LogP contribution in [0.15, 0.2) is 60.7 Å². The highest BCUT2D eigenvalue weighted by atomic mass is 28.4. The van der Waals surface area contributed by atoms with Crippen molar-refractivity contribution in [3.8, 4) is 0 Å². The van der Waals surface area contributed by atoms with E-state index < -0.39 is 34.3 Å². The number of aliphatic hydroxyl groups is 1. The summed E-state index contributed by atoms with van der Waals surface area (Å²) in [6.07, 6.45) is -1.00. The maximum Gasteiger partial charge on any atom is 0.192 e. The molecule has 34 heavy (non-hydrogen) atoms. The van der Waals surface area contributed by atoms with Gasteiger partial charge in [-0.05, 0) is 23.7 Å².